The minimum atomic E-state index is -1.37. The number of carbonyl (C=O) groups excluding carboxylic acids is 4. The van der Waals surface area contributed by atoms with Crippen LogP contribution >= 0.6 is 15.9 Å². The minimum Gasteiger partial charge on any atom is -0.463 e. The lowest BCUT2D eigenvalue weighted by Crippen LogP contribution is -2.61. The van der Waals surface area contributed by atoms with Gasteiger partial charge in [-0.2, -0.15) is 0 Å². The van der Waals surface area contributed by atoms with Gasteiger partial charge in [0, 0.05) is 23.3 Å². The molecule has 3 fully saturated rings. The van der Waals surface area contributed by atoms with Crippen molar-refractivity contribution in [2.75, 3.05) is 19.8 Å². The van der Waals surface area contributed by atoms with Gasteiger partial charge in [-0.25, -0.2) is 0 Å². The van der Waals surface area contributed by atoms with Gasteiger partial charge in [-0.3, -0.25) is 19.2 Å². The summed E-state index contributed by atoms with van der Waals surface area (Å²) in [6.07, 6.45) is 4.20. The molecule has 0 aliphatic carbocycles. The largest absolute Gasteiger partial charge is 0.463 e. The van der Waals surface area contributed by atoms with E-state index in [0.29, 0.717) is 24.8 Å². The van der Waals surface area contributed by atoms with Crippen LogP contribution < -0.4 is 5.32 Å². The highest BCUT2D eigenvalue weighted by Gasteiger charge is 2.77. The van der Waals surface area contributed by atoms with Crippen molar-refractivity contribution in [3.63, 3.8) is 0 Å². The molecule has 10 nitrogen and oxygen atoms in total. The van der Waals surface area contributed by atoms with Crippen molar-refractivity contribution in [3.8, 4) is 0 Å². The molecule has 53 heavy (non-hydrogen) atoms. The zero-order valence-corrected chi connectivity index (χ0v) is 33.1. The van der Waals surface area contributed by atoms with Crippen LogP contribution in [0.2, 0.25) is 0 Å². The maximum Gasteiger partial charge on any atom is 0.306 e. The Balaban J connectivity index is 1.57. The number of carbonyl (C=O) groups is 4. The number of esters is 1. The zero-order chi connectivity index (χ0) is 38.7. The van der Waals surface area contributed by atoms with Crippen molar-refractivity contribution in [1.82, 2.24) is 15.1 Å². The molecular weight excluding hydrogens is 738 g/mol. The molecule has 0 aromatic heterocycles. The number of hydrogen-bond acceptors (Lipinski definition) is 7. The summed E-state index contributed by atoms with van der Waals surface area (Å²) in [5.74, 6) is -3.60. The molecule has 5 rings (SSSR count). The van der Waals surface area contributed by atoms with Crippen LogP contribution in [0.4, 0.5) is 0 Å². The molecule has 1 unspecified atom stereocenters. The van der Waals surface area contributed by atoms with Gasteiger partial charge in [-0.05, 0) is 49.7 Å². The van der Waals surface area contributed by atoms with Crippen LogP contribution in [0, 0.1) is 17.3 Å². The molecule has 2 aromatic carbocycles. The number of hydrogen-bond donors (Lipinski definition) is 2. The summed E-state index contributed by atoms with van der Waals surface area (Å²) < 4.78 is 12.4. The molecule has 2 aromatic rings. The summed E-state index contributed by atoms with van der Waals surface area (Å²) in [5.41, 5.74) is -0.760. The number of aliphatic hydroxyl groups is 1. The van der Waals surface area contributed by atoms with Crippen molar-refractivity contribution < 1.29 is 33.8 Å². The zero-order valence-electron chi connectivity index (χ0n) is 31.5. The van der Waals surface area contributed by atoms with Crippen LogP contribution in [0.1, 0.15) is 83.5 Å². The number of amides is 3. The first-order valence-corrected chi connectivity index (χ1v) is 19.4. The summed E-state index contributed by atoms with van der Waals surface area (Å²) in [4.78, 5) is 60.4. The Kier molecular flexibility index (Phi) is 12.4. The maximum atomic E-state index is 15.3. The Morgan fingerprint density at radius 1 is 1.06 bits per heavy atom. The van der Waals surface area contributed by atoms with Gasteiger partial charge in [0.05, 0.1) is 36.6 Å². The number of allylic oxidation sites excluding steroid dienone is 1. The summed E-state index contributed by atoms with van der Waals surface area (Å²) in [7, 11) is 0. The molecule has 0 radical (unpaired) electrons. The van der Waals surface area contributed by atoms with Crippen LogP contribution in [0.5, 0.6) is 0 Å². The van der Waals surface area contributed by atoms with E-state index in [2.05, 4.69) is 55.2 Å². The van der Waals surface area contributed by atoms with E-state index in [9.17, 15) is 14.7 Å². The molecule has 2 bridgehead atoms. The normalized spacial score (nSPS) is 26.1. The molecule has 3 amide bonds. The van der Waals surface area contributed by atoms with Crippen LogP contribution in [0.25, 0.3) is 0 Å². The van der Waals surface area contributed by atoms with Crippen molar-refractivity contribution in [2.45, 2.75) is 100 Å². The van der Waals surface area contributed by atoms with E-state index in [4.69, 9.17) is 9.47 Å². The molecule has 3 aliphatic rings. The van der Waals surface area contributed by atoms with E-state index in [1.54, 1.807) is 17.1 Å². The molecule has 11 heteroatoms. The van der Waals surface area contributed by atoms with E-state index in [1.165, 1.54) is 4.90 Å². The third kappa shape index (κ3) is 8.17. The number of ether oxygens (including phenoxy) is 2. The van der Waals surface area contributed by atoms with E-state index in [1.807, 2.05) is 74.5 Å². The fourth-order valence-corrected chi connectivity index (χ4v) is 9.90. The highest BCUT2D eigenvalue weighted by Crippen LogP contribution is 2.61. The summed E-state index contributed by atoms with van der Waals surface area (Å²) >= 11 is 3.78. The lowest BCUT2D eigenvalue weighted by Gasteiger charge is -2.46. The topological polar surface area (TPSA) is 125 Å². The second-order valence-electron chi connectivity index (χ2n) is 16.3. The van der Waals surface area contributed by atoms with Crippen LogP contribution in [-0.2, 0) is 28.7 Å². The highest BCUT2D eigenvalue weighted by molar-refractivity contribution is 9.09. The van der Waals surface area contributed by atoms with Gasteiger partial charge >= 0.3 is 5.97 Å². The molecule has 2 N–H and O–H groups in total. The van der Waals surface area contributed by atoms with E-state index < -0.39 is 71.6 Å². The third-order valence-electron chi connectivity index (χ3n) is 10.7. The van der Waals surface area contributed by atoms with E-state index in [-0.39, 0.29) is 35.7 Å². The number of benzene rings is 2. The lowest BCUT2D eigenvalue weighted by atomic mass is 9.70. The Bertz CT molecular complexity index is 1660. The first-order chi connectivity index (χ1) is 25.1. The Morgan fingerprint density at radius 2 is 1.68 bits per heavy atom. The number of likely N-dealkylation sites (tertiary alicyclic amines) is 1. The molecule has 3 aliphatic heterocycles. The molecule has 286 valence electrons. The van der Waals surface area contributed by atoms with Crippen molar-refractivity contribution in [3.05, 3.63) is 97.1 Å². The molecule has 8 atom stereocenters. The summed E-state index contributed by atoms with van der Waals surface area (Å²) in [6, 6.07) is 15.6. The molecule has 3 heterocycles. The number of halogens is 1. The number of alkyl halides is 1. The average molecular weight is 793 g/mol. The number of fused-ring (bicyclic) bond motifs is 1. The van der Waals surface area contributed by atoms with Gasteiger partial charge in [0.2, 0.25) is 17.7 Å². The minimum absolute atomic E-state index is 0.112. The predicted molar refractivity (Wildman–Crippen MR) is 207 cm³/mol. The fraction of sp³-hybridized carbons (Fsp3) is 0.524. The van der Waals surface area contributed by atoms with Crippen LogP contribution in [0.3, 0.4) is 0 Å². The van der Waals surface area contributed by atoms with Crippen molar-refractivity contribution >= 4 is 39.6 Å². The third-order valence-corrected chi connectivity index (χ3v) is 11.6. The number of nitrogens with one attached hydrogen (secondary N) is 1. The lowest BCUT2D eigenvalue weighted by molar-refractivity contribution is -0.155. The van der Waals surface area contributed by atoms with Gasteiger partial charge in [0.15, 0.2) is 0 Å². The van der Waals surface area contributed by atoms with Gasteiger partial charge < -0.3 is 29.7 Å². The van der Waals surface area contributed by atoms with E-state index in [0.717, 1.165) is 5.56 Å². The van der Waals surface area contributed by atoms with Gasteiger partial charge in [-0.15, -0.1) is 13.2 Å². The summed E-state index contributed by atoms with van der Waals surface area (Å²) in [5, 5.41) is 14.0. The van der Waals surface area contributed by atoms with Crippen molar-refractivity contribution in [1.29, 1.82) is 0 Å². The van der Waals surface area contributed by atoms with Gasteiger partial charge in [-0.1, -0.05) is 110 Å². The molecule has 1 spiro atoms. The summed E-state index contributed by atoms with van der Waals surface area (Å²) in [6.45, 7) is 17.7. The van der Waals surface area contributed by atoms with Crippen LogP contribution in [0.15, 0.2) is 86.0 Å². The smallest absolute Gasteiger partial charge is 0.306 e. The predicted octanol–water partition coefficient (Wildman–Crippen LogP) is 6.06. The number of nitrogens with zero attached hydrogens (tertiary/aromatic N) is 2. The number of aliphatic hydroxyl groups excluding tert-OH is 1. The first-order valence-electron chi connectivity index (χ1n) is 18.4. The molecular formula is C42H54BrN3O7. The Labute approximate surface area is 322 Å². The van der Waals surface area contributed by atoms with Gasteiger partial charge in [0.1, 0.15) is 18.2 Å². The van der Waals surface area contributed by atoms with Crippen molar-refractivity contribution in [2.24, 2.45) is 17.3 Å². The number of rotatable bonds is 16. The van der Waals surface area contributed by atoms with Crippen LogP contribution in [-0.4, -0.2) is 86.5 Å². The SMILES string of the molecule is C=CCCC(=O)OC[C@@H](NC(=O)[C@H]1[C@@H]2O[C@@]3(CC2Br)[C@@H]1C(=O)N([C@H](CO)c1ccccc1)[C@@H]3C(=O)N(CC=C)C(C)(C)CC(C)(C)C)c1ccccc1. The quantitative estimate of drug-likeness (QED) is 0.120. The maximum absolute atomic E-state index is 15.3. The first kappa shape index (κ1) is 40.4. The Hall–Kier alpha value is -3.80. The second kappa shape index (κ2) is 16.3. The average Bonchev–Trinajstić information content (AvgIpc) is 3.71. The molecule has 0 saturated carbocycles. The van der Waals surface area contributed by atoms with E-state index >= 15 is 9.59 Å². The second-order valence-corrected chi connectivity index (χ2v) is 17.5. The highest BCUT2D eigenvalue weighted by atomic mass is 79.9. The van der Waals surface area contributed by atoms with Gasteiger partial charge in [0.25, 0.3) is 0 Å². The fourth-order valence-electron chi connectivity index (χ4n) is 8.96. The standard InChI is InChI=1S/C42H54BrN3O7/c1-8-10-21-32(48)52-25-30(27-17-13-11-14-18-27)44-37(49)33-34-38(50)46(31(24-47)28-19-15-12-16-20-28)36(42(34)23-29(43)35(33)53-42)39(51)45(22-9-2)41(6,7)26-40(3,4)5/h8-9,11-20,29-31,33-36,47H,1-2,10,21-26H2,3-7H3,(H,44,49)/t29?,30-,31-,33-,34+,35-,36-,42+/m1/s1. The molecule has 3 saturated heterocycles. The monoisotopic (exact) mass is 791 g/mol. The Morgan fingerprint density at radius 3 is 2.25 bits per heavy atom.